The van der Waals surface area contributed by atoms with Crippen LogP contribution in [0.15, 0.2) is 0 Å². The zero-order valence-electron chi connectivity index (χ0n) is 10.3. The fourth-order valence-electron chi connectivity index (χ4n) is 2.78. The van der Waals surface area contributed by atoms with Crippen molar-refractivity contribution >= 4 is 5.91 Å². The van der Waals surface area contributed by atoms with Gasteiger partial charge in [-0.25, -0.2) is 0 Å². The standard InChI is InChI=1S/C12H22N2O2/c1-3-11(16)8-14(9-11)10(15)12(4-2)6-5-7-13-12/h13,16H,3-9H2,1-2H3. The molecular formula is C12H22N2O2. The summed E-state index contributed by atoms with van der Waals surface area (Å²) in [4.78, 5) is 14.1. The van der Waals surface area contributed by atoms with Crippen molar-refractivity contribution in [2.24, 2.45) is 0 Å². The summed E-state index contributed by atoms with van der Waals surface area (Å²) in [6.07, 6.45) is 3.57. The number of hydrogen-bond acceptors (Lipinski definition) is 3. The number of carbonyl (C=O) groups excluding carboxylic acids is 1. The molecule has 0 aromatic heterocycles. The molecule has 16 heavy (non-hydrogen) atoms. The molecule has 2 N–H and O–H groups in total. The number of rotatable bonds is 3. The third kappa shape index (κ3) is 1.74. The highest BCUT2D eigenvalue weighted by Crippen LogP contribution is 2.31. The van der Waals surface area contributed by atoms with Crippen molar-refractivity contribution in [2.45, 2.75) is 50.7 Å². The van der Waals surface area contributed by atoms with E-state index in [2.05, 4.69) is 12.2 Å². The Kier molecular flexibility index (Phi) is 2.97. The molecular weight excluding hydrogens is 204 g/mol. The number of β-amino-alcohol motifs (C(OH)–C–C–N with tert-alkyl or cyclic N) is 1. The average Bonchev–Trinajstić information content (AvgIpc) is 2.73. The van der Waals surface area contributed by atoms with E-state index in [9.17, 15) is 9.90 Å². The molecule has 0 bridgehead atoms. The normalized spacial score (nSPS) is 32.6. The predicted octanol–water partition coefficient (Wildman–Crippen LogP) is 0.502. The first kappa shape index (κ1) is 11.9. The maximum atomic E-state index is 12.3. The van der Waals surface area contributed by atoms with Gasteiger partial charge in [-0.1, -0.05) is 13.8 Å². The van der Waals surface area contributed by atoms with Crippen LogP contribution in [0.1, 0.15) is 39.5 Å². The Balaban J connectivity index is 1.98. The van der Waals surface area contributed by atoms with Crippen molar-refractivity contribution < 1.29 is 9.90 Å². The zero-order valence-corrected chi connectivity index (χ0v) is 10.3. The average molecular weight is 226 g/mol. The first-order valence-corrected chi connectivity index (χ1v) is 6.32. The largest absolute Gasteiger partial charge is 0.386 e. The second-order valence-electron chi connectivity index (χ2n) is 5.21. The van der Waals surface area contributed by atoms with Crippen LogP contribution >= 0.6 is 0 Å². The molecule has 4 nitrogen and oxygen atoms in total. The van der Waals surface area contributed by atoms with Gasteiger partial charge in [0.2, 0.25) is 5.91 Å². The molecule has 0 spiro atoms. The van der Waals surface area contributed by atoms with Gasteiger partial charge in [0, 0.05) is 0 Å². The minimum absolute atomic E-state index is 0.186. The third-order valence-corrected chi connectivity index (χ3v) is 4.17. The summed E-state index contributed by atoms with van der Waals surface area (Å²) in [6.45, 7) is 5.97. The first-order valence-electron chi connectivity index (χ1n) is 6.32. The van der Waals surface area contributed by atoms with Gasteiger partial charge in [-0.2, -0.15) is 0 Å². The molecule has 2 fully saturated rings. The van der Waals surface area contributed by atoms with Gasteiger partial charge in [-0.3, -0.25) is 4.79 Å². The Hall–Kier alpha value is -0.610. The molecule has 2 aliphatic rings. The van der Waals surface area contributed by atoms with Crippen LogP contribution in [0.4, 0.5) is 0 Å². The lowest BCUT2D eigenvalue weighted by Gasteiger charge is -2.49. The van der Waals surface area contributed by atoms with Gasteiger partial charge >= 0.3 is 0 Å². The van der Waals surface area contributed by atoms with E-state index >= 15 is 0 Å². The van der Waals surface area contributed by atoms with Crippen LogP contribution in [0.2, 0.25) is 0 Å². The number of carbonyl (C=O) groups is 1. The second-order valence-corrected chi connectivity index (χ2v) is 5.21. The molecule has 0 aromatic carbocycles. The van der Waals surface area contributed by atoms with E-state index in [0.29, 0.717) is 13.1 Å². The molecule has 2 saturated heterocycles. The van der Waals surface area contributed by atoms with Crippen LogP contribution in [0, 0.1) is 0 Å². The van der Waals surface area contributed by atoms with E-state index in [0.717, 1.165) is 32.2 Å². The highest BCUT2D eigenvalue weighted by molar-refractivity contribution is 5.87. The lowest BCUT2D eigenvalue weighted by atomic mass is 9.86. The van der Waals surface area contributed by atoms with Gasteiger partial charge in [0.15, 0.2) is 0 Å². The second kappa shape index (κ2) is 4.00. The molecule has 1 atom stereocenters. The van der Waals surface area contributed by atoms with E-state index in [1.165, 1.54) is 0 Å². The maximum Gasteiger partial charge on any atom is 0.243 e. The molecule has 2 aliphatic heterocycles. The smallest absolute Gasteiger partial charge is 0.243 e. The SMILES string of the molecule is CCC1(O)CN(C(=O)C2(CC)CCCN2)C1. The summed E-state index contributed by atoms with van der Waals surface area (Å²) < 4.78 is 0. The molecule has 0 saturated carbocycles. The number of aliphatic hydroxyl groups is 1. The van der Waals surface area contributed by atoms with Gasteiger partial charge in [0.05, 0.1) is 24.2 Å². The molecule has 1 amide bonds. The van der Waals surface area contributed by atoms with Crippen LogP contribution in [0.3, 0.4) is 0 Å². The third-order valence-electron chi connectivity index (χ3n) is 4.17. The van der Waals surface area contributed by atoms with Crippen molar-refractivity contribution in [2.75, 3.05) is 19.6 Å². The van der Waals surface area contributed by atoms with Crippen LogP contribution in [0.5, 0.6) is 0 Å². The van der Waals surface area contributed by atoms with Gasteiger partial charge in [-0.05, 0) is 32.2 Å². The van der Waals surface area contributed by atoms with Crippen LogP contribution in [-0.4, -0.2) is 46.7 Å². The zero-order chi connectivity index (χ0) is 11.8. The Morgan fingerprint density at radius 1 is 1.38 bits per heavy atom. The van der Waals surface area contributed by atoms with Gasteiger partial charge in [-0.15, -0.1) is 0 Å². The van der Waals surface area contributed by atoms with E-state index in [-0.39, 0.29) is 11.4 Å². The van der Waals surface area contributed by atoms with Gasteiger partial charge in [0.25, 0.3) is 0 Å². The van der Waals surface area contributed by atoms with Crippen LogP contribution in [-0.2, 0) is 4.79 Å². The molecule has 0 aromatic rings. The predicted molar refractivity (Wildman–Crippen MR) is 62.1 cm³/mol. The molecule has 92 valence electrons. The summed E-state index contributed by atoms with van der Waals surface area (Å²) in [6, 6.07) is 0. The minimum atomic E-state index is -0.622. The van der Waals surface area contributed by atoms with Crippen molar-refractivity contribution in [3.05, 3.63) is 0 Å². The molecule has 1 unspecified atom stereocenters. The van der Waals surface area contributed by atoms with Crippen molar-refractivity contribution in [3.63, 3.8) is 0 Å². The van der Waals surface area contributed by atoms with Gasteiger partial charge in [0.1, 0.15) is 0 Å². The summed E-state index contributed by atoms with van der Waals surface area (Å²) in [5.74, 6) is 0.186. The summed E-state index contributed by atoms with van der Waals surface area (Å²) in [7, 11) is 0. The van der Waals surface area contributed by atoms with E-state index in [1.54, 1.807) is 4.90 Å². The van der Waals surface area contributed by atoms with Gasteiger partial charge < -0.3 is 15.3 Å². The summed E-state index contributed by atoms with van der Waals surface area (Å²) in [5, 5.41) is 13.3. The fourth-order valence-corrected chi connectivity index (χ4v) is 2.78. The molecule has 0 aliphatic carbocycles. The van der Waals surface area contributed by atoms with Crippen molar-refractivity contribution in [1.82, 2.24) is 10.2 Å². The number of nitrogens with one attached hydrogen (secondary N) is 1. The summed E-state index contributed by atoms with van der Waals surface area (Å²) >= 11 is 0. The van der Waals surface area contributed by atoms with Crippen LogP contribution in [0.25, 0.3) is 0 Å². The molecule has 0 radical (unpaired) electrons. The number of amides is 1. The Bertz CT molecular complexity index is 279. The highest BCUT2D eigenvalue weighted by Gasteiger charge is 2.49. The molecule has 4 heteroatoms. The lowest BCUT2D eigenvalue weighted by Crippen LogP contribution is -2.68. The quantitative estimate of drug-likeness (QED) is 0.737. The number of hydrogen-bond donors (Lipinski definition) is 2. The summed E-state index contributed by atoms with van der Waals surface area (Å²) in [5.41, 5.74) is -0.960. The Morgan fingerprint density at radius 3 is 2.50 bits per heavy atom. The van der Waals surface area contributed by atoms with Crippen LogP contribution < -0.4 is 5.32 Å². The fraction of sp³-hybridized carbons (Fsp3) is 0.917. The first-order chi connectivity index (χ1) is 7.55. The Labute approximate surface area is 97.0 Å². The monoisotopic (exact) mass is 226 g/mol. The Morgan fingerprint density at radius 2 is 2.06 bits per heavy atom. The van der Waals surface area contributed by atoms with Crippen molar-refractivity contribution in [3.8, 4) is 0 Å². The molecule has 2 rings (SSSR count). The van der Waals surface area contributed by atoms with E-state index < -0.39 is 5.60 Å². The topological polar surface area (TPSA) is 52.6 Å². The van der Waals surface area contributed by atoms with E-state index in [1.807, 2.05) is 6.92 Å². The van der Waals surface area contributed by atoms with E-state index in [4.69, 9.17) is 0 Å². The maximum absolute atomic E-state index is 12.3. The lowest BCUT2D eigenvalue weighted by molar-refractivity contribution is -0.162. The minimum Gasteiger partial charge on any atom is -0.386 e. The number of nitrogens with zero attached hydrogens (tertiary/aromatic N) is 1. The number of likely N-dealkylation sites (tertiary alicyclic amines) is 1. The van der Waals surface area contributed by atoms with Crippen molar-refractivity contribution in [1.29, 1.82) is 0 Å². The molecule has 2 heterocycles. The highest BCUT2D eigenvalue weighted by atomic mass is 16.3.